The van der Waals surface area contributed by atoms with E-state index in [0.29, 0.717) is 11.4 Å². The molecule has 0 amide bonds. The predicted octanol–water partition coefficient (Wildman–Crippen LogP) is 3.04. The highest BCUT2D eigenvalue weighted by Gasteiger charge is 2.21. The van der Waals surface area contributed by atoms with Crippen LogP contribution in [0, 0.1) is 13.8 Å². The van der Waals surface area contributed by atoms with Crippen LogP contribution in [0.25, 0.3) is 0 Å². The first-order valence-corrected chi connectivity index (χ1v) is 12.8. The maximum absolute atomic E-state index is 11.6. The van der Waals surface area contributed by atoms with Gasteiger partial charge in [-0.1, -0.05) is 24.3 Å². The Kier molecular flexibility index (Phi) is 7.59. The molecular formula is C24H34N4O2S. The minimum atomic E-state index is -3.15. The van der Waals surface area contributed by atoms with Crippen molar-refractivity contribution in [3.63, 3.8) is 0 Å². The maximum Gasteiger partial charge on any atom is 0.194 e. The number of guanidine groups is 1. The predicted molar refractivity (Wildman–Crippen MR) is 129 cm³/mol. The molecule has 6 nitrogen and oxygen atoms in total. The van der Waals surface area contributed by atoms with E-state index in [2.05, 4.69) is 54.1 Å². The molecule has 0 unspecified atom stereocenters. The number of aryl methyl sites for hydroxylation is 1. The Morgan fingerprint density at radius 3 is 2.32 bits per heavy atom. The Balaban J connectivity index is 1.59. The van der Waals surface area contributed by atoms with Crippen molar-refractivity contribution < 1.29 is 8.42 Å². The highest BCUT2D eigenvalue weighted by Crippen LogP contribution is 2.23. The van der Waals surface area contributed by atoms with E-state index in [0.717, 1.165) is 50.7 Å². The first-order valence-electron chi connectivity index (χ1n) is 10.9. The minimum absolute atomic E-state index is 0.356. The van der Waals surface area contributed by atoms with Crippen LogP contribution in [-0.2, 0) is 16.3 Å². The molecule has 0 spiro atoms. The standard InChI is InChI=1S/C24H34N4O2S/c1-5-25-24(26-14-13-21-9-11-22(12-10-21)31(4,29)30)28-17-15-27(16-18-28)23-8-6-7-19(2)20(23)3/h6-12H,5,13-18H2,1-4H3,(H,25,26). The summed E-state index contributed by atoms with van der Waals surface area (Å²) in [5.74, 6) is 0.955. The zero-order valence-corrected chi connectivity index (χ0v) is 19.9. The zero-order valence-electron chi connectivity index (χ0n) is 19.1. The fraction of sp³-hybridized carbons (Fsp3) is 0.458. The molecule has 0 saturated carbocycles. The van der Waals surface area contributed by atoms with Crippen molar-refractivity contribution >= 4 is 21.5 Å². The summed E-state index contributed by atoms with van der Waals surface area (Å²) in [5, 5.41) is 3.42. The molecule has 0 aliphatic carbocycles. The van der Waals surface area contributed by atoms with Crippen molar-refractivity contribution in [3.05, 3.63) is 59.2 Å². The number of nitrogens with zero attached hydrogens (tertiary/aromatic N) is 3. The summed E-state index contributed by atoms with van der Waals surface area (Å²) in [7, 11) is -3.15. The molecule has 2 aromatic carbocycles. The van der Waals surface area contributed by atoms with Gasteiger partial charge in [-0.3, -0.25) is 4.99 Å². The van der Waals surface area contributed by atoms with E-state index in [1.807, 2.05) is 12.1 Å². The number of piperazine rings is 1. The molecule has 1 N–H and O–H groups in total. The maximum atomic E-state index is 11.6. The first kappa shape index (κ1) is 23.1. The number of rotatable bonds is 6. The number of hydrogen-bond donors (Lipinski definition) is 1. The number of aliphatic imine (C=N–C) groups is 1. The summed E-state index contributed by atoms with van der Waals surface area (Å²) in [5.41, 5.74) is 5.11. The van der Waals surface area contributed by atoms with E-state index in [1.165, 1.54) is 23.1 Å². The zero-order chi connectivity index (χ0) is 22.4. The molecule has 0 aromatic heterocycles. The average Bonchev–Trinajstić information content (AvgIpc) is 2.75. The number of hydrogen-bond acceptors (Lipinski definition) is 4. The van der Waals surface area contributed by atoms with Crippen LogP contribution < -0.4 is 10.2 Å². The van der Waals surface area contributed by atoms with Crippen molar-refractivity contribution in [2.75, 3.05) is 50.4 Å². The van der Waals surface area contributed by atoms with Crippen molar-refractivity contribution in [2.24, 2.45) is 4.99 Å². The number of benzene rings is 2. The number of sulfone groups is 1. The Bertz CT molecular complexity index is 1010. The van der Waals surface area contributed by atoms with Crippen molar-refractivity contribution in [1.82, 2.24) is 10.2 Å². The Morgan fingerprint density at radius 1 is 1.03 bits per heavy atom. The molecule has 0 atom stereocenters. The van der Waals surface area contributed by atoms with Crippen LogP contribution in [0.4, 0.5) is 5.69 Å². The quantitative estimate of drug-likeness (QED) is 0.550. The molecule has 1 aliphatic heterocycles. The second-order valence-corrected chi connectivity index (χ2v) is 10.1. The molecule has 1 saturated heterocycles. The molecule has 168 valence electrons. The van der Waals surface area contributed by atoms with Gasteiger partial charge < -0.3 is 15.1 Å². The Labute approximate surface area is 186 Å². The molecule has 1 fully saturated rings. The third-order valence-corrected chi connectivity index (χ3v) is 6.97. The van der Waals surface area contributed by atoms with E-state index in [4.69, 9.17) is 4.99 Å². The van der Waals surface area contributed by atoms with Gasteiger partial charge in [-0.25, -0.2) is 8.42 Å². The van der Waals surface area contributed by atoms with Crippen LogP contribution in [0.2, 0.25) is 0 Å². The van der Waals surface area contributed by atoms with E-state index in [9.17, 15) is 8.42 Å². The van der Waals surface area contributed by atoms with Crippen LogP contribution >= 0.6 is 0 Å². The van der Waals surface area contributed by atoms with Crippen molar-refractivity contribution in [3.8, 4) is 0 Å². The largest absolute Gasteiger partial charge is 0.368 e. The second-order valence-electron chi connectivity index (χ2n) is 8.09. The smallest absolute Gasteiger partial charge is 0.194 e. The number of nitrogens with one attached hydrogen (secondary N) is 1. The van der Waals surface area contributed by atoms with E-state index < -0.39 is 9.84 Å². The van der Waals surface area contributed by atoms with E-state index >= 15 is 0 Å². The normalized spacial score (nSPS) is 15.3. The van der Waals surface area contributed by atoms with Gasteiger partial charge in [0.2, 0.25) is 0 Å². The lowest BCUT2D eigenvalue weighted by Crippen LogP contribution is -2.52. The van der Waals surface area contributed by atoms with Gasteiger partial charge in [-0.15, -0.1) is 0 Å². The van der Waals surface area contributed by atoms with Gasteiger partial charge in [-0.05, 0) is 62.1 Å². The molecule has 31 heavy (non-hydrogen) atoms. The third kappa shape index (κ3) is 6.00. The molecule has 3 rings (SSSR count). The molecule has 2 aromatic rings. The van der Waals surface area contributed by atoms with Crippen LogP contribution in [-0.4, -0.2) is 64.8 Å². The SMILES string of the molecule is CCNC(=NCCc1ccc(S(C)(=O)=O)cc1)N1CCN(c2cccc(C)c2C)CC1. The summed E-state index contributed by atoms with van der Waals surface area (Å²) in [4.78, 5) is 9.98. The topological polar surface area (TPSA) is 65.0 Å². The monoisotopic (exact) mass is 442 g/mol. The molecule has 0 radical (unpaired) electrons. The van der Waals surface area contributed by atoms with Gasteiger partial charge in [0, 0.05) is 51.2 Å². The van der Waals surface area contributed by atoms with Crippen molar-refractivity contribution in [2.45, 2.75) is 32.1 Å². The van der Waals surface area contributed by atoms with Gasteiger partial charge in [0.25, 0.3) is 0 Å². The summed E-state index contributed by atoms with van der Waals surface area (Å²) >= 11 is 0. The van der Waals surface area contributed by atoms with E-state index in [-0.39, 0.29) is 0 Å². The van der Waals surface area contributed by atoms with Crippen LogP contribution in [0.3, 0.4) is 0 Å². The fourth-order valence-electron chi connectivity index (χ4n) is 3.86. The average molecular weight is 443 g/mol. The summed E-state index contributed by atoms with van der Waals surface area (Å²) in [6, 6.07) is 13.6. The number of anilines is 1. The molecule has 1 aliphatic rings. The minimum Gasteiger partial charge on any atom is -0.368 e. The van der Waals surface area contributed by atoms with Gasteiger partial charge >= 0.3 is 0 Å². The lowest BCUT2D eigenvalue weighted by atomic mass is 10.1. The highest BCUT2D eigenvalue weighted by atomic mass is 32.2. The van der Waals surface area contributed by atoms with Gasteiger partial charge in [0.15, 0.2) is 15.8 Å². The first-order chi connectivity index (χ1) is 14.8. The highest BCUT2D eigenvalue weighted by molar-refractivity contribution is 7.90. The van der Waals surface area contributed by atoms with Crippen LogP contribution in [0.5, 0.6) is 0 Å². The molecular weight excluding hydrogens is 408 g/mol. The fourth-order valence-corrected chi connectivity index (χ4v) is 4.49. The lowest BCUT2D eigenvalue weighted by Gasteiger charge is -2.38. The molecule has 1 heterocycles. The Hall–Kier alpha value is -2.54. The Morgan fingerprint density at radius 2 is 1.71 bits per heavy atom. The second kappa shape index (κ2) is 10.2. The van der Waals surface area contributed by atoms with Gasteiger partial charge in [0.05, 0.1) is 4.90 Å². The third-order valence-electron chi connectivity index (χ3n) is 5.84. The summed E-state index contributed by atoms with van der Waals surface area (Å²) in [6.07, 6.45) is 2.01. The van der Waals surface area contributed by atoms with E-state index in [1.54, 1.807) is 12.1 Å². The molecule has 0 bridgehead atoms. The lowest BCUT2D eigenvalue weighted by molar-refractivity contribution is 0.372. The van der Waals surface area contributed by atoms with Gasteiger partial charge in [0.1, 0.15) is 0 Å². The van der Waals surface area contributed by atoms with Crippen LogP contribution in [0.15, 0.2) is 52.4 Å². The van der Waals surface area contributed by atoms with Gasteiger partial charge in [-0.2, -0.15) is 0 Å². The van der Waals surface area contributed by atoms with Crippen molar-refractivity contribution in [1.29, 1.82) is 0 Å². The van der Waals surface area contributed by atoms with Crippen LogP contribution in [0.1, 0.15) is 23.6 Å². The summed E-state index contributed by atoms with van der Waals surface area (Å²) in [6.45, 7) is 11.8. The molecule has 7 heteroatoms. The summed E-state index contributed by atoms with van der Waals surface area (Å²) < 4.78 is 23.2.